The van der Waals surface area contributed by atoms with Gasteiger partial charge in [0.2, 0.25) is 0 Å². The molecule has 1 saturated heterocycles. The summed E-state index contributed by atoms with van der Waals surface area (Å²) < 4.78 is 16.5. The van der Waals surface area contributed by atoms with Crippen molar-refractivity contribution in [3.8, 4) is 0 Å². The van der Waals surface area contributed by atoms with E-state index >= 15 is 0 Å². The SMILES string of the molecule is CCN1CCN(c2c(C)c(C(=O)NCc3ccccn3)n(Cc3ccccc3F)c2C)CC1. The van der Waals surface area contributed by atoms with Crippen LogP contribution in [0.25, 0.3) is 0 Å². The minimum Gasteiger partial charge on any atom is -0.367 e. The molecule has 0 saturated carbocycles. The minimum absolute atomic E-state index is 0.170. The van der Waals surface area contributed by atoms with Gasteiger partial charge in [0.25, 0.3) is 5.91 Å². The first-order valence-electron chi connectivity index (χ1n) is 11.6. The number of amides is 1. The van der Waals surface area contributed by atoms with Crippen molar-refractivity contribution in [3.05, 3.63) is 82.7 Å². The number of rotatable bonds is 7. The van der Waals surface area contributed by atoms with Gasteiger partial charge < -0.3 is 19.7 Å². The molecule has 2 aromatic heterocycles. The number of benzene rings is 1. The molecule has 1 N–H and O–H groups in total. The molecule has 1 aliphatic rings. The maximum atomic E-state index is 14.5. The van der Waals surface area contributed by atoms with E-state index in [9.17, 15) is 9.18 Å². The molecule has 1 aromatic carbocycles. The predicted molar refractivity (Wildman–Crippen MR) is 129 cm³/mol. The molecule has 0 atom stereocenters. The quantitative estimate of drug-likeness (QED) is 0.597. The maximum Gasteiger partial charge on any atom is 0.268 e. The van der Waals surface area contributed by atoms with Gasteiger partial charge in [0.1, 0.15) is 11.5 Å². The van der Waals surface area contributed by atoms with Crippen molar-refractivity contribution in [2.45, 2.75) is 33.9 Å². The number of anilines is 1. The number of halogens is 1. The average Bonchev–Trinajstić information content (AvgIpc) is 3.09. The summed E-state index contributed by atoms with van der Waals surface area (Å²) in [5, 5.41) is 3.01. The molecule has 0 spiro atoms. The van der Waals surface area contributed by atoms with Gasteiger partial charge in [0, 0.05) is 49.2 Å². The van der Waals surface area contributed by atoms with E-state index in [1.807, 2.05) is 42.7 Å². The molecule has 1 aliphatic heterocycles. The highest BCUT2D eigenvalue weighted by Crippen LogP contribution is 2.32. The molecule has 6 nitrogen and oxygen atoms in total. The number of carbonyl (C=O) groups is 1. The number of piperazine rings is 1. The zero-order valence-corrected chi connectivity index (χ0v) is 19.6. The largest absolute Gasteiger partial charge is 0.367 e. The van der Waals surface area contributed by atoms with Crippen LogP contribution in [0, 0.1) is 19.7 Å². The lowest BCUT2D eigenvalue weighted by Crippen LogP contribution is -2.46. The first kappa shape index (κ1) is 23.0. The highest BCUT2D eigenvalue weighted by atomic mass is 19.1. The topological polar surface area (TPSA) is 53.4 Å². The summed E-state index contributed by atoms with van der Waals surface area (Å²) in [6.07, 6.45) is 1.71. The van der Waals surface area contributed by atoms with E-state index in [1.165, 1.54) is 6.07 Å². The fraction of sp³-hybridized carbons (Fsp3) is 0.385. The molecule has 0 aliphatic carbocycles. The molecule has 33 heavy (non-hydrogen) atoms. The Balaban J connectivity index is 1.68. The number of likely N-dealkylation sites (N-methyl/N-ethyl adjacent to an activating group) is 1. The Hall–Kier alpha value is -3.19. The van der Waals surface area contributed by atoms with Crippen LogP contribution < -0.4 is 10.2 Å². The van der Waals surface area contributed by atoms with E-state index in [-0.39, 0.29) is 11.7 Å². The van der Waals surface area contributed by atoms with Gasteiger partial charge in [0.05, 0.1) is 24.5 Å². The van der Waals surface area contributed by atoms with Gasteiger partial charge in [-0.1, -0.05) is 31.2 Å². The number of nitrogens with zero attached hydrogens (tertiary/aromatic N) is 4. The molecule has 7 heteroatoms. The van der Waals surface area contributed by atoms with Gasteiger partial charge in [0.15, 0.2) is 0 Å². The first-order chi connectivity index (χ1) is 16.0. The van der Waals surface area contributed by atoms with Crippen molar-refractivity contribution in [2.75, 3.05) is 37.6 Å². The number of carbonyl (C=O) groups excluding carboxylic acids is 1. The van der Waals surface area contributed by atoms with Crippen molar-refractivity contribution in [3.63, 3.8) is 0 Å². The fourth-order valence-electron chi connectivity index (χ4n) is 4.68. The van der Waals surface area contributed by atoms with Gasteiger partial charge in [-0.2, -0.15) is 0 Å². The summed E-state index contributed by atoms with van der Waals surface area (Å²) in [7, 11) is 0. The Bertz CT molecular complexity index is 1100. The van der Waals surface area contributed by atoms with Crippen molar-refractivity contribution < 1.29 is 9.18 Å². The lowest BCUT2D eigenvalue weighted by Gasteiger charge is -2.36. The normalized spacial score (nSPS) is 14.5. The van der Waals surface area contributed by atoms with Crippen molar-refractivity contribution in [1.29, 1.82) is 0 Å². The smallest absolute Gasteiger partial charge is 0.268 e. The Morgan fingerprint density at radius 3 is 2.45 bits per heavy atom. The van der Waals surface area contributed by atoms with Crippen LogP contribution in [-0.4, -0.2) is 53.1 Å². The first-order valence-corrected chi connectivity index (χ1v) is 11.6. The van der Waals surface area contributed by atoms with E-state index in [1.54, 1.807) is 18.3 Å². The summed E-state index contributed by atoms with van der Waals surface area (Å²) in [6.45, 7) is 11.7. The van der Waals surface area contributed by atoms with Crippen molar-refractivity contribution in [1.82, 2.24) is 19.8 Å². The van der Waals surface area contributed by atoms with Gasteiger partial charge >= 0.3 is 0 Å². The summed E-state index contributed by atoms with van der Waals surface area (Å²) in [5.41, 5.74) is 4.96. The highest BCUT2D eigenvalue weighted by Gasteiger charge is 2.28. The van der Waals surface area contributed by atoms with Crippen LogP contribution in [0.2, 0.25) is 0 Å². The molecule has 0 unspecified atom stereocenters. The monoisotopic (exact) mass is 449 g/mol. The second-order valence-electron chi connectivity index (χ2n) is 8.51. The fourth-order valence-corrected chi connectivity index (χ4v) is 4.68. The summed E-state index contributed by atoms with van der Waals surface area (Å²) in [6, 6.07) is 12.4. The molecule has 0 radical (unpaired) electrons. The third kappa shape index (κ3) is 4.93. The van der Waals surface area contributed by atoms with E-state index in [0.29, 0.717) is 24.3 Å². The molecular formula is C26H32FN5O. The Morgan fingerprint density at radius 2 is 1.79 bits per heavy atom. The van der Waals surface area contributed by atoms with Crippen LogP contribution in [0.15, 0.2) is 48.7 Å². The molecule has 1 amide bonds. The standard InChI is InChI=1S/C26H32FN5O/c1-4-30-13-15-31(16-14-30)24-19(2)25(26(33)29-17-22-10-7-8-12-28-22)32(20(24)3)18-21-9-5-6-11-23(21)27/h5-12H,4,13-18H2,1-3H3,(H,29,33). The van der Waals surface area contributed by atoms with Gasteiger partial charge in [-0.05, 0) is 38.6 Å². The number of hydrogen-bond acceptors (Lipinski definition) is 4. The average molecular weight is 450 g/mol. The van der Waals surface area contributed by atoms with Crippen LogP contribution in [0.3, 0.4) is 0 Å². The zero-order chi connectivity index (χ0) is 23.4. The predicted octanol–water partition coefficient (Wildman–Crippen LogP) is 3.76. The van der Waals surface area contributed by atoms with E-state index in [0.717, 1.165) is 55.4 Å². The maximum absolute atomic E-state index is 14.5. The number of aromatic nitrogens is 2. The molecular weight excluding hydrogens is 417 g/mol. The molecule has 174 valence electrons. The molecule has 0 bridgehead atoms. The summed E-state index contributed by atoms with van der Waals surface area (Å²) >= 11 is 0. The van der Waals surface area contributed by atoms with E-state index < -0.39 is 0 Å². The van der Waals surface area contributed by atoms with Gasteiger partial charge in [-0.15, -0.1) is 0 Å². The zero-order valence-electron chi connectivity index (χ0n) is 19.6. The van der Waals surface area contributed by atoms with Crippen molar-refractivity contribution in [2.24, 2.45) is 0 Å². The summed E-state index contributed by atoms with van der Waals surface area (Å²) in [5.74, 6) is -0.433. The Kier molecular flexibility index (Phi) is 7.08. The minimum atomic E-state index is -0.263. The van der Waals surface area contributed by atoms with Crippen molar-refractivity contribution >= 4 is 11.6 Å². The summed E-state index contributed by atoms with van der Waals surface area (Å²) in [4.78, 5) is 22.5. The van der Waals surface area contributed by atoms with E-state index in [4.69, 9.17) is 0 Å². The second-order valence-corrected chi connectivity index (χ2v) is 8.51. The van der Waals surface area contributed by atoms with Crippen LogP contribution in [0.1, 0.15) is 39.9 Å². The second kappa shape index (κ2) is 10.2. The number of pyridine rings is 1. The highest BCUT2D eigenvalue weighted by molar-refractivity contribution is 5.96. The number of nitrogens with one attached hydrogen (secondary N) is 1. The molecule has 3 heterocycles. The van der Waals surface area contributed by atoms with Crippen LogP contribution in [-0.2, 0) is 13.1 Å². The Labute approximate surface area is 195 Å². The molecule has 3 aromatic rings. The lowest BCUT2D eigenvalue weighted by atomic mass is 10.1. The van der Waals surface area contributed by atoms with Gasteiger partial charge in [-0.25, -0.2) is 4.39 Å². The molecule has 4 rings (SSSR count). The lowest BCUT2D eigenvalue weighted by molar-refractivity contribution is 0.0940. The van der Waals surface area contributed by atoms with Gasteiger partial charge in [-0.3, -0.25) is 9.78 Å². The van der Waals surface area contributed by atoms with Crippen LogP contribution >= 0.6 is 0 Å². The third-order valence-electron chi connectivity index (χ3n) is 6.52. The Morgan fingerprint density at radius 1 is 1.06 bits per heavy atom. The van der Waals surface area contributed by atoms with Crippen LogP contribution in [0.4, 0.5) is 10.1 Å². The van der Waals surface area contributed by atoms with Crippen LogP contribution in [0.5, 0.6) is 0 Å². The van der Waals surface area contributed by atoms with E-state index in [2.05, 4.69) is 27.0 Å². The molecule has 1 fully saturated rings. The number of hydrogen-bond donors (Lipinski definition) is 1. The third-order valence-corrected chi connectivity index (χ3v) is 6.52.